The largest absolute Gasteiger partial charge is 0.316 e. The summed E-state index contributed by atoms with van der Waals surface area (Å²) < 4.78 is 26.1. The Morgan fingerprint density at radius 1 is 1.16 bits per heavy atom. The van der Waals surface area contributed by atoms with Gasteiger partial charge >= 0.3 is 0 Å². The van der Waals surface area contributed by atoms with Gasteiger partial charge in [-0.15, -0.1) is 0 Å². The minimum absolute atomic E-state index is 0.469. The molecule has 0 aromatic heterocycles. The van der Waals surface area contributed by atoms with Gasteiger partial charge in [-0.3, -0.25) is 0 Å². The molecule has 1 unspecified atom stereocenters. The number of rotatable bonds is 8. The smallest absolute Gasteiger partial charge is 0.159 e. The first kappa shape index (κ1) is 16.1. The van der Waals surface area contributed by atoms with Crippen molar-refractivity contribution in [2.45, 2.75) is 40.0 Å². The number of halogens is 2. The van der Waals surface area contributed by atoms with Crippen molar-refractivity contribution in [2.75, 3.05) is 13.1 Å². The highest BCUT2D eigenvalue weighted by atomic mass is 19.2. The number of benzene rings is 1. The van der Waals surface area contributed by atoms with E-state index in [4.69, 9.17) is 0 Å². The Balaban J connectivity index is 2.61. The van der Waals surface area contributed by atoms with Gasteiger partial charge < -0.3 is 5.32 Å². The molecule has 0 aliphatic carbocycles. The summed E-state index contributed by atoms with van der Waals surface area (Å²) in [5.74, 6) is -0.439. The molecule has 0 saturated heterocycles. The lowest BCUT2D eigenvalue weighted by Crippen LogP contribution is -2.26. The zero-order valence-electron chi connectivity index (χ0n) is 12.2. The van der Waals surface area contributed by atoms with E-state index in [9.17, 15) is 8.78 Å². The van der Waals surface area contributed by atoms with Crippen LogP contribution in [0.4, 0.5) is 8.78 Å². The minimum atomic E-state index is -0.770. The molecule has 0 saturated carbocycles. The lowest BCUT2D eigenvalue weighted by Gasteiger charge is -2.20. The molecule has 1 aromatic rings. The summed E-state index contributed by atoms with van der Waals surface area (Å²) in [6.45, 7) is 8.47. The second-order valence-electron chi connectivity index (χ2n) is 5.65. The highest BCUT2D eigenvalue weighted by Crippen LogP contribution is 2.18. The fourth-order valence-corrected chi connectivity index (χ4v) is 2.39. The van der Waals surface area contributed by atoms with E-state index < -0.39 is 11.6 Å². The third-order valence-electron chi connectivity index (χ3n) is 3.17. The molecule has 3 heteroatoms. The topological polar surface area (TPSA) is 12.0 Å². The predicted octanol–water partition coefficient (Wildman–Crippen LogP) is 4.17. The summed E-state index contributed by atoms with van der Waals surface area (Å²) in [5.41, 5.74) is 0.878. The van der Waals surface area contributed by atoms with E-state index in [1.165, 1.54) is 12.1 Å². The van der Waals surface area contributed by atoms with E-state index in [-0.39, 0.29) is 0 Å². The molecule has 0 spiro atoms. The van der Waals surface area contributed by atoms with Gasteiger partial charge in [0.2, 0.25) is 0 Å². The van der Waals surface area contributed by atoms with Crippen LogP contribution in [-0.4, -0.2) is 13.1 Å². The zero-order chi connectivity index (χ0) is 14.3. The SMILES string of the molecule is CCCNCC(Cc1ccc(F)c(F)c1)CC(C)C. The van der Waals surface area contributed by atoms with Gasteiger partial charge in [0, 0.05) is 0 Å². The summed E-state index contributed by atoms with van der Waals surface area (Å²) in [4.78, 5) is 0. The molecular weight excluding hydrogens is 244 g/mol. The van der Waals surface area contributed by atoms with E-state index in [0.717, 1.165) is 37.9 Å². The standard InChI is InChI=1S/C16H25F2N/c1-4-7-19-11-14(8-12(2)3)9-13-5-6-15(17)16(18)10-13/h5-6,10,12,14,19H,4,7-9,11H2,1-3H3. The van der Waals surface area contributed by atoms with Crippen molar-refractivity contribution >= 4 is 0 Å². The molecule has 19 heavy (non-hydrogen) atoms. The number of hydrogen-bond acceptors (Lipinski definition) is 1. The van der Waals surface area contributed by atoms with Gasteiger partial charge in [-0.1, -0.05) is 26.8 Å². The molecule has 0 amide bonds. The van der Waals surface area contributed by atoms with Crippen LogP contribution in [0, 0.1) is 23.5 Å². The average molecular weight is 269 g/mol. The lowest BCUT2D eigenvalue weighted by molar-refractivity contribution is 0.384. The maximum atomic E-state index is 13.2. The zero-order valence-corrected chi connectivity index (χ0v) is 12.2. The lowest BCUT2D eigenvalue weighted by atomic mass is 9.91. The third-order valence-corrected chi connectivity index (χ3v) is 3.17. The van der Waals surface area contributed by atoms with E-state index in [1.54, 1.807) is 6.07 Å². The molecule has 1 rings (SSSR count). The fourth-order valence-electron chi connectivity index (χ4n) is 2.39. The first-order valence-electron chi connectivity index (χ1n) is 7.17. The molecule has 1 nitrogen and oxygen atoms in total. The maximum absolute atomic E-state index is 13.2. The van der Waals surface area contributed by atoms with Gasteiger partial charge in [-0.05, 0) is 61.9 Å². The van der Waals surface area contributed by atoms with Gasteiger partial charge in [0.25, 0.3) is 0 Å². The van der Waals surface area contributed by atoms with Crippen LogP contribution in [-0.2, 0) is 6.42 Å². The van der Waals surface area contributed by atoms with E-state index in [1.807, 2.05) is 0 Å². The number of hydrogen-bond donors (Lipinski definition) is 1. The molecule has 108 valence electrons. The average Bonchev–Trinajstić information content (AvgIpc) is 2.33. The van der Waals surface area contributed by atoms with E-state index in [0.29, 0.717) is 11.8 Å². The first-order chi connectivity index (χ1) is 9.02. The van der Waals surface area contributed by atoms with Crippen molar-refractivity contribution in [3.05, 3.63) is 35.4 Å². The van der Waals surface area contributed by atoms with Gasteiger partial charge in [0.15, 0.2) is 11.6 Å². The van der Waals surface area contributed by atoms with Crippen molar-refractivity contribution < 1.29 is 8.78 Å². The van der Waals surface area contributed by atoms with Crippen molar-refractivity contribution in [3.63, 3.8) is 0 Å². The molecule has 0 aliphatic rings. The highest BCUT2D eigenvalue weighted by molar-refractivity contribution is 5.18. The van der Waals surface area contributed by atoms with E-state index >= 15 is 0 Å². The van der Waals surface area contributed by atoms with Crippen LogP contribution in [0.25, 0.3) is 0 Å². The molecule has 0 fully saturated rings. The summed E-state index contributed by atoms with van der Waals surface area (Å²) in [6, 6.07) is 4.23. The Labute approximate surface area is 115 Å². The second-order valence-corrected chi connectivity index (χ2v) is 5.65. The van der Waals surface area contributed by atoms with Crippen LogP contribution in [0.15, 0.2) is 18.2 Å². The molecule has 1 N–H and O–H groups in total. The second kappa shape index (κ2) is 8.26. The molecule has 0 radical (unpaired) electrons. The Bertz CT molecular complexity index is 377. The summed E-state index contributed by atoms with van der Waals surface area (Å²) in [6.07, 6.45) is 3.00. The molecule has 0 aliphatic heterocycles. The van der Waals surface area contributed by atoms with Crippen LogP contribution >= 0.6 is 0 Å². The van der Waals surface area contributed by atoms with E-state index in [2.05, 4.69) is 26.1 Å². The van der Waals surface area contributed by atoms with Crippen LogP contribution in [0.5, 0.6) is 0 Å². The first-order valence-corrected chi connectivity index (χ1v) is 7.17. The predicted molar refractivity (Wildman–Crippen MR) is 76.2 cm³/mol. The highest BCUT2D eigenvalue weighted by Gasteiger charge is 2.13. The summed E-state index contributed by atoms with van der Waals surface area (Å²) in [7, 11) is 0. The van der Waals surface area contributed by atoms with Crippen LogP contribution in [0.1, 0.15) is 39.2 Å². The fraction of sp³-hybridized carbons (Fsp3) is 0.625. The monoisotopic (exact) mass is 269 g/mol. The van der Waals surface area contributed by atoms with Crippen molar-refractivity contribution in [1.82, 2.24) is 5.32 Å². The summed E-state index contributed by atoms with van der Waals surface area (Å²) >= 11 is 0. The summed E-state index contributed by atoms with van der Waals surface area (Å²) in [5, 5.41) is 3.42. The van der Waals surface area contributed by atoms with Crippen molar-refractivity contribution in [1.29, 1.82) is 0 Å². The Morgan fingerprint density at radius 3 is 2.47 bits per heavy atom. The number of nitrogens with one attached hydrogen (secondary N) is 1. The Morgan fingerprint density at radius 2 is 1.89 bits per heavy atom. The molecule has 0 heterocycles. The van der Waals surface area contributed by atoms with Crippen LogP contribution in [0.3, 0.4) is 0 Å². The van der Waals surface area contributed by atoms with Gasteiger partial charge in [0.1, 0.15) is 0 Å². The maximum Gasteiger partial charge on any atom is 0.159 e. The third kappa shape index (κ3) is 6.15. The van der Waals surface area contributed by atoms with Crippen LogP contribution < -0.4 is 5.32 Å². The van der Waals surface area contributed by atoms with Crippen molar-refractivity contribution in [3.8, 4) is 0 Å². The molecular formula is C16H25F2N. The van der Waals surface area contributed by atoms with Gasteiger partial charge in [-0.2, -0.15) is 0 Å². The van der Waals surface area contributed by atoms with Crippen LogP contribution in [0.2, 0.25) is 0 Å². The molecule has 1 aromatic carbocycles. The van der Waals surface area contributed by atoms with Crippen molar-refractivity contribution in [2.24, 2.45) is 11.8 Å². The van der Waals surface area contributed by atoms with Gasteiger partial charge in [0.05, 0.1) is 0 Å². The minimum Gasteiger partial charge on any atom is -0.316 e. The normalized spacial score (nSPS) is 12.9. The molecule has 0 bridgehead atoms. The quantitative estimate of drug-likeness (QED) is 0.698. The Kier molecular flexibility index (Phi) is 7.00. The van der Waals surface area contributed by atoms with Gasteiger partial charge in [-0.25, -0.2) is 8.78 Å². The molecule has 1 atom stereocenters. The Hall–Kier alpha value is -0.960.